The summed E-state index contributed by atoms with van der Waals surface area (Å²) in [6.07, 6.45) is 5.61. The lowest BCUT2D eigenvalue weighted by molar-refractivity contribution is -0.129. The Morgan fingerprint density at radius 2 is 2.25 bits per heavy atom. The van der Waals surface area contributed by atoms with Gasteiger partial charge in [-0.3, -0.25) is 4.79 Å². The Morgan fingerprint density at radius 1 is 1.58 bits per heavy atom. The predicted molar refractivity (Wildman–Crippen MR) is 49.8 cm³/mol. The molecule has 0 bridgehead atoms. The van der Waals surface area contributed by atoms with Gasteiger partial charge in [0.05, 0.1) is 5.92 Å². The van der Waals surface area contributed by atoms with Crippen LogP contribution in [0.4, 0.5) is 0 Å². The predicted octanol–water partition coefficient (Wildman–Crippen LogP) is 1.82. The Labute approximate surface area is 74.2 Å². The summed E-state index contributed by atoms with van der Waals surface area (Å²) >= 11 is 0. The fourth-order valence-corrected chi connectivity index (χ4v) is 1.29. The van der Waals surface area contributed by atoms with E-state index in [0.29, 0.717) is 0 Å². The number of carbonyl (C=O) groups excluding carboxylic acids is 1. The standard InChI is InChI=1S/C10H17NO/c1-4-5-6-8-7-9(8)10(12)11(2)3/h7,9H,4-6H2,1-3H3/t9-/m1/s1. The molecular weight excluding hydrogens is 150 g/mol. The van der Waals surface area contributed by atoms with E-state index in [1.54, 1.807) is 4.90 Å². The molecule has 0 N–H and O–H groups in total. The molecule has 1 rings (SSSR count). The quantitative estimate of drug-likeness (QED) is 0.585. The highest BCUT2D eigenvalue weighted by atomic mass is 16.2. The minimum atomic E-state index is 0.159. The monoisotopic (exact) mass is 167 g/mol. The molecule has 0 aromatic carbocycles. The third-order valence-corrected chi connectivity index (χ3v) is 2.20. The minimum Gasteiger partial charge on any atom is -0.348 e. The summed E-state index contributed by atoms with van der Waals surface area (Å²) in [4.78, 5) is 13.0. The number of hydrogen-bond acceptors (Lipinski definition) is 1. The second-order valence-corrected chi connectivity index (χ2v) is 3.56. The first-order valence-electron chi connectivity index (χ1n) is 4.58. The van der Waals surface area contributed by atoms with Crippen LogP contribution in [-0.4, -0.2) is 24.9 Å². The molecule has 0 spiro atoms. The van der Waals surface area contributed by atoms with E-state index in [1.807, 2.05) is 14.1 Å². The normalized spacial score (nSPS) is 20.2. The summed E-state index contributed by atoms with van der Waals surface area (Å²) in [6.45, 7) is 2.17. The van der Waals surface area contributed by atoms with Gasteiger partial charge in [-0.15, -0.1) is 0 Å². The first kappa shape index (κ1) is 9.30. The van der Waals surface area contributed by atoms with Crippen LogP contribution in [0.5, 0.6) is 0 Å². The highest BCUT2D eigenvalue weighted by Crippen LogP contribution is 2.34. The maximum atomic E-state index is 11.4. The molecular formula is C10H17NO. The van der Waals surface area contributed by atoms with Gasteiger partial charge in [0.15, 0.2) is 0 Å². The van der Waals surface area contributed by atoms with E-state index in [1.165, 1.54) is 18.4 Å². The summed E-state index contributed by atoms with van der Waals surface area (Å²) in [5.74, 6) is 0.396. The van der Waals surface area contributed by atoms with Crippen molar-refractivity contribution in [3.63, 3.8) is 0 Å². The first-order chi connectivity index (χ1) is 5.66. The van der Waals surface area contributed by atoms with Crippen LogP contribution < -0.4 is 0 Å². The lowest BCUT2D eigenvalue weighted by Crippen LogP contribution is -2.24. The largest absolute Gasteiger partial charge is 0.348 e. The van der Waals surface area contributed by atoms with Gasteiger partial charge in [0.2, 0.25) is 5.91 Å². The molecule has 0 saturated heterocycles. The van der Waals surface area contributed by atoms with Crippen LogP contribution in [0.1, 0.15) is 26.2 Å². The number of hydrogen-bond donors (Lipinski definition) is 0. The summed E-state index contributed by atoms with van der Waals surface area (Å²) in [5, 5.41) is 0. The maximum absolute atomic E-state index is 11.4. The number of carbonyl (C=O) groups is 1. The molecule has 0 unspecified atom stereocenters. The van der Waals surface area contributed by atoms with E-state index in [4.69, 9.17) is 0 Å². The molecule has 0 aliphatic heterocycles. The lowest BCUT2D eigenvalue weighted by Gasteiger charge is -2.09. The van der Waals surface area contributed by atoms with Crippen LogP contribution in [-0.2, 0) is 4.79 Å². The van der Waals surface area contributed by atoms with Gasteiger partial charge < -0.3 is 4.90 Å². The molecule has 0 aromatic heterocycles. The minimum absolute atomic E-state index is 0.159. The first-order valence-corrected chi connectivity index (χ1v) is 4.58. The fourth-order valence-electron chi connectivity index (χ4n) is 1.29. The summed E-state index contributed by atoms with van der Waals surface area (Å²) in [7, 11) is 3.62. The molecule has 1 aliphatic rings. The van der Waals surface area contributed by atoms with E-state index in [9.17, 15) is 4.79 Å². The fraction of sp³-hybridized carbons (Fsp3) is 0.700. The van der Waals surface area contributed by atoms with Gasteiger partial charge in [0.25, 0.3) is 0 Å². The van der Waals surface area contributed by atoms with Crippen LogP contribution >= 0.6 is 0 Å². The van der Waals surface area contributed by atoms with E-state index in [0.717, 1.165) is 6.42 Å². The Bertz CT molecular complexity index is 206. The molecule has 1 atom stereocenters. The molecule has 0 fully saturated rings. The van der Waals surface area contributed by atoms with Gasteiger partial charge >= 0.3 is 0 Å². The SMILES string of the molecule is CCCCC1=C[C@H]1C(=O)N(C)C. The van der Waals surface area contributed by atoms with Crippen molar-refractivity contribution in [3.05, 3.63) is 11.6 Å². The van der Waals surface area contributed by atoms with Crippen LogP contribution in [0.2, 0.25) is 0 Å². The molecule has 0 saturated carbocycles. The van der Waals surface area contributed by atoms with Gasteiger partial charge in [-0.2, -0.15) is 0 Å². The molecule has 0 heterocycles. The average Bonchev–Trinajstić information content (AvgIpc) is 2.78. The van der Waals surface area contributed by atoms with Gasteiger partial charge in [-0.05, 0) is 12.8 Å². The van der Waals surface area contributed by atoms with E-state index in [2.05, 4.69) is 13.0 Å². The zero-order valence-corrected chi connectivity index (χ0v) is 8.13. The Hall–Kier alpha value is -0.790. The smallest absolute Gasteiger partial charge is 0.233 e. The van der Waals surface area contributed by atoms with Crippen molar-refractivity contribution < 1.29 is 4.79 Å². The van der Waals surface area contributed by atoms with Crippen LogP contribution in [0.25, 0.3) is 0 Å². The van der Waals surface area contributed by atoms with Gasteiger partial charge in [0.1, 0.15) is 0 Å². The van der Waals surface area contributed by atoms with Crippen molar-refractivity contribution in [3.8, 4) is 0 Å². The Balaban J connectivity index is 2.22. The van der Waals surface area contributed by atoms with Gasteiger partial charge in [0, 0.05) is 14.1 Å². The maximum Gasteiger partial charge on any atom is 0.233 e. The lowest BCUT2D eigenvalue weighted by atomic mass is 10.1. The Kier molecular flexibility index (Phi) is 2.90. The summed E-state index contributed by atoms with van der Waals surface area (Å²) < 4.78 is 0. The van der Waals surface area contributed by atoms with Crippen LogP contribution in [0.15, 0.2) is 11.6 Å². The van der Waals surface area contributed by atoms with Crippen molar-refractivity contribution >= 4 is 5.91 Å². The Morgan fingerprint density at radius 3 is 2.75 bits per heavy atom. The van der Waals surface area contributed by atoms with E-state index >= 15 is 0 Å². The highest BCUT2D eigenvalue weighted by molar-refractivity contribution is 5.87. The number of unbranched alkanes of at least 4 members (excludes halogenated alkanes) is 1. The number of nitrogens with zero attached hydrogens (tertiary/aromatic N) is 1. The second-order valence-electron chi connectivity index (χ2n) is 3.56. The molecule has 2 heteroatoms. The third kappa shape index (κ3) is 2.10. The van der Waals surface area contributed by atoms with Crippen molar-refractivity contribution in [1.82, 2.24) is 4.90 Å². The third-order valence-electron chi connectivity index (χ3n) is 2.20. The molecule has 0 aromatic rings. The van der Waals surface area contributed by atoms with Gasteiger partial charge in [-0.1, -0.05) is 25.0 Å². The zero-order chi connectivity index (χ0) is 9.14. The highest BCUT2D eigenvalue weighted by Gasteiger charge is 2.31. The molecule has 68 valence electrons. The van der Waals surface area contributed by atoms with Crippen molar-refractivity contribution in [1.29, 1.82) is 0 Å². The molecule has 12 heavy (non-hydrogen) atoms. The molecule has 0 radical (unpaired) electrons. The van der Waals surface area contributed by atoms with Crippen molar-refractivity contribution in [2.24, 2.45) is 5.92 Å². The summed E-state index contributed by atoms with van der Waals surface area (Å²) in [5.41, 5.74) is 1.34. The number of rotatable bonds is 4. The average molecular weight is 167 g/mol. The zero-order valence-electron chi connectivity index (χ0n) is 8.13. The van der Waals surface area contributed by atoms with E-state index < -0.39 is 0 Å². The topological polar surface area (TPSA) is 20.3 Å². The van der Waals surface area contributed by atoms with Crippen molar-refractivity contribution in [2.75, 3.05) is 14.1 Å². The van der Waals surface area contributed by atoms with Gasteiger partial charge in [-0.25, -0.2) is 0 Å². The second kappa shape index (κ2) is 3.74. The number of amides is 1. The molecule has 2 nitrogen and oxygen atoms in total. The van der Waals surface area contributed by atoms with Crippen molar-refractivity contribution in [2.45, 2.75) is 26.2 Å². The van der Waals surface area contributed by atoms with E-state index in [-0.39, 0.29) is 11.8 Å². The summed E-state index contributed by atoms with van der Waals surface area (Å²) in [6, 6.07) is 0. The molecule has 1 aliphatic carbocycles. The molecule has 1 amide bonds. The van der Waals surface area contributed by atoms with Crippen LogP contribution in [0.3, 0.4) is 0 Å². The van der Waals surface area contributed by atoms with Crippen LogP contribution in [0, 0.1) is 5.92 Å².